The van der Waals surface area contributed by atoms with E-state index in [2.05, 4.69) is 21.2 Å². The molecule has 0 bridgehead atoms. The second kappa shape index (κ2) is 7.30. The highest BCUT2D eigenvalue weighted by atomic mass is 79.9. The third-order valence-corrected chi connectivity index (χ3v) is 5.35. The average molecular weight is 400 g/mol. The Bertz CT molecular complexity index is 774. The van der Waals surface area contributed by atoms with E-state index in [1.54, 1.807) is 12.1 Å². The third-order valence-electron chi connectivity index (χ3n) is 2.73. The smallest absolute Gasteiger partial charge is 0.234 e. The van der Waals surface area contributed by atoms with Crippen LogP contribution in [0.5, 0.6) is 0 Å². The van der Waals surface area contributed by atoms with Gasteiger partial charge in [-0.2, -0.15) is 0 Å². The number of hydrogen-bond donors (Lipinski definition) is 1. The van der Waals surface area contributed by atoms with E-state index in [4.69, 9.17) is 0 Å². The Balaban J connectivity index is 1.92. The number of halogens is 1. The molecule has 0 radical (unpaired) electrons. The Morgan fingerprint density at radius 1 is 1.18 bits per heavy atom. The number of sulfone groups is 1. The zero-order chi connectivity index (χ0) is 16.2. The molecule has 0 aromatic heterocycles. The van der Waals surface area contributed by atoms with Crippen molar-refractivity contribution in [1.29, 1.82) is 0 Å². The first-order chi connectivity index (χ1) is 10.3. The molecule has 2 aromatic rings. The lowest BCUT2D eigenvalue weighted by molar-refractivity contribution is -0.113. The Kier molecular flexibility index (Phi) is 5.66. The molecule has 0 aliphatic carbocycles. The predicted molar refractivity (Wildman–Crippen MR) is 93.0 cm³/mol. The van der Waals surface area contributed by atoms with Crippen LogP contribution in [0.25, 0.3) is 0 Å². The van der Waals surface area contributed by atoms with Crippen LogP contribution < -0.4 is 5.32 Å². The van der Waals surface area contributed by atoms with E-state index in [1.165, 1.54) is 23.9 Å². The van der Waals surface area contributed by atoms with Crippen LogP contribution >= 0.6 is 27.7 Å². The summed E-state index contributed by atoms with van der Waals surface area (Å²) in [6.07, 6.45) is 1.15. The van der Waals surface area contributed by atoms with Crippen LogP contribution in [0, 0.1) is 0 Å². The molecular weight excluding hydrogens is 386 g/mol. The zero-order valence-electron chi connectivity index (χ0n) is 11.7. The highest BCUT2D eigenvalue weighted by Crippen LogP contribution is 2.22. The summed E-state index contributed by atoms with van der Waals surface area (Å²) in [4.78, 5) is 13.1. The highest BCUT2D eigenvalue weighted by Gasteiger charge is 2.08. The van der Waals surface area contributed by atoms with Crippen molar-refractivity contribution < 1.29 is 13.2 Å². The Morgan fingerprint density at radius 2 is 1.86 bits per heavy atom. The standard InChI is InChI=1S/C15H14BrNO3S2/c1-22(19,20)14-7-5-12(6-8-14)17-15(18)10-21-13-4-2-3-11(16)9-13/h2-9H,10H2,1H3,(H,17,18). The van der Waals surface area contributed by atoms with Gasteiger partial charge in [0.25, 0.3) is 0 Å². The SMILES string of the molecule is CS(=O)(=O)c1ccc(NC(=O)CSc2cccc(Br)c2)cc1. The minimum absolute atomic E-state index is 0.142. The van der Waals surface area contributed by atoms with Crippen molar-refractivity contribution in [2.24, 2.45) is 0 Å². The molecule has 1 amide bonds. The molecule has 0 aliphatic heterocycles. The second-order valence-corrected chi connectivity index (χ2v) is 8.57. The van der Waals surface area contributed by atoms with Gasteiger partial charge in [0.2, 0.25) is 5.91 Å². The molecule has 4 nitrogen and oxygen atoms in total. The van der Waals surface area contributed by atoms with Crippen molar-refractivity contribution in [3.05, 3.63) is 53.0 Å². The number of carbonyl (C=O) groups excluding carboxylic acids is 1. The van der Waals surface area contributed by atoms with Gasteiger partial charge in [-0.3, -0.25) is 4.79 Å². The fraction of sp³-hybridized carbons (Fsp3) is 0.133. The molecule has 0 spiro atoms. The fourth-order valence-corrected chi connectivity index (χ4v) is 3.62. The number of anilines is 1. The molecule has 116 valence electrons. The monoisotopic (exact) mass is 399 g/mol. The van der Waals surface area contributed by atoms with Crippen LogP contribution in [0.2, 0.25) is 0 Å². The second-order valence-electron chi connectivity index (χ2n) is 4.59. The molecule has 0 heterocycles. The van der Waals surface area contributed by atoms with Gasteiger partial charge in [0.15, 0.2) is 9.84 Å². The lowest BCUT2D eigenvalue weighted by Crippen LogP contribution is -2.14. The maximum Gasteiger partial charge on any atom is 0.234 e. The quantitative estimate of drug-likeness (QED) is 0.780. The van der Waals surface area contributed by atoms with Crippen LogP contribution in [-0.2, 0) is 14.6 Å². The maximum absolute atomic E-state index is 11.9. The summed E-state index contributed by atoms with van der Waals surface area (Å²) < 4.78 is 23.7. The van der Waals surface area contributed by atoms with Crippen LogP contribution in [-0.4, -0.2) is 26.3 Å². The Hall–Kier alpha value is -1.31. The van der Waals surface area contributed by atoms with Crippen molar-refractivity contribution in [1.82, 2.24) is 0 Å². The maximum atomic E-state index is 11.9. The first-order valence-corrected chi connectivity index (χ1v) is 10.00. The van der Waals surface area contributed by atoms with Crippen molar-refractivity contribution in [3.8, 4) is 0 Å². The summed E-state index contributed by atoms with van der Waals surface area (Å²) in [5, 5.41) is 2.74. The Morgan fingerprint density at radius 3 is 2.45 bits per heavy atom. The van der Waals surface area contributed by atoms with Crippen LogP contribution in [0.1, 0.15) is 0 Å². The average Bonchev–Trinajstić information content (AvgIpc) is 2.45. The van der Waals surface area contributed by atoms with Crippen LogP contribution in [0.4, 0.5) is 5.69 Å². The molecule has 2 rings (SSSR count). The zero-order valence-corrected chi connectivity index (χ0v) is 15.0. The summed E-state index contributed by atoms with van der Waals surface area (Å²) in [6.45, 7) is 0. The summed E-state index contributed by atoms with van der Waals surface area (Å²) in [5.41, 5.74) is 0.576. The van der Waals surface area contributed by atoms with Crippen molar-refractivity contribution in [3.63, 3.8) is 0 Å². The number of amides is 1. The molecule has 0 unspecified atom stereocenters. The molecule has 7 heteroatoms. The predicted octanol–water partition coefficient (Wildman–Crippen LogP) is 3.58. The number of carbonyl (C=O) groups is 1. The molecule has 2 aromatic carbocycles. The van der Waals surface area contributed by atoms with Gasteiger partial charge >= 0.3 is 0 Å². The van der Waals surface area contributed by atoms with Gasteiger partial charge in [0, 0.05) is 21.3 Å². The van der Waals surface area contributed by atoms with Crippen molar-refractivity contribution in [2.75, 3.05) is 17.3 Å². The number of rotatable bonds is 5. The summed E-state index contributed by atoms with van der Waals surface area (Å²) in [7, 11) is -3.22. The summed E-state index contributed by atoms with van der Waals surface area (Å²) >= 11 is 4.81. The first kappa shape index (κ1) is 17.1. The minimum atomic E-state index is -3.22. The summed E-state index contributed by atoms with van der Waals surface area (Å²) in [5.74, 6) is 0.140. The molecule has 0 aliphatic rings. The molecule has 0 saturated carbocycles. The summed E-state index contributed by atoms with van der Waals surface area (Å²) in [6, 6.07) is 13.8. The molecule has 22 heavy (non-hydrogen) atoms. The van der Waals surface area contributed by atoms with E-state index in [-0.39, 0.29) is 16.6 Å². The van der Waals surface area contributed by atoms with E-state index < -0.39 is 9.84 Å². The van der Waals surface area contributed by atoms with Gasteiger partial charge in [-0.25, -0.2) is 8.42 Å². The minimum Gasteiger partial charge on any atom is -0.325 e. The van der Waals surface area contributed by atoms with Gasteiger partial charge in [-0.15, -0.1) is 11.8 Å². The molecule has 0 fully saturated rings. The van der Waals surface area contributed by atoms with Gasteiger partial charge in [0.05, 0.1) is 10.6 Å². The molecule has 0 atom stereocenters. The third kappa shape index (κ3) is 5.15. The van der Waals surface area contributed by atoms with Gasteiger partial charge in [0.1, 0.15) is 0 Å². The topological polar surface area (TPSA) is 63.2 Å². The van der Waals surface area contributed by atoms with E-state index >= 15 is 0 Å². The van der Waals surface area contributed by atoms with Gasteiger partial charge < -0.3 is 5.32 Å². The van der Waals surface area contributed by atoms with E-state index in [0.29, 0.717) is 5.69 Å². The van der Waals surface area contributed by atoms with E-state index in [9.17, 15) is 13.2 Å². The molecule has 1 N–H and O–H groups in total. The normalized spacial score (nSPS) is 11.2. The van der Waals surface area contributed by atoms with Gasteiger partial charge in [-0.1, -0.05) is 22.0 Å². The van der Waals surface area contributed by atoms with E-state index in [1.807, 2.05) is 24.3 Å². The fourth-order valence-electron chi connectivity index (χ4n) is 1.69. The molecule has 0 saturated heterocycles. The first-order valence-electron chi connectivity index (χ1n) is 6.33. The number of benzene rings is 2. The lowest BCUT2D eigenvalue weighted by atomic mass is 10.3. The number of thioether (sulfide) groups is 1. The van der Waals surface area contributed by atoms with Crippen molar-refractivity contribution in [2.45, 2.75) is 9.79 Å². The number of nitrogens with one attached hydrogen (secondary N) is 1. The van der Waals surface area contributed by atoms with Crippen LogP contribution in [0.3, 0.4) is 0 Å². The van der Waals surface area contributed by atoms with Crippen LogP contribution in [0.15, 0.2) is 62.8 Å². The Labute approximate surface area is 142 Å². The largest absolute Gasteiger partial charge is 0.325 e. The van der Waals surface area contributed by atoms with E-state index in [0.717, 1.165) is 15.6 Å². The highest BCUT2D eigenvalue weighted by molar-refractivity contribution is 9.10. The number of hydrogen-bond acceptors (Lipinski definition) is 4. The lowest BCUT2D eigenvalue weighted by Gasteiger charge is -2.06. The molecular formula is C15H14BrNO3S2. The van der Waals surface area contributed by atoms with Gasteiger partial charge in [-0.05, 0) is 42.5 Å². The van der Waals surface area contributed by atoms with Crippen molar-refractivity contribution >= 4 is 49.1 Å².